The van der Waals surface area contributed by atoms with Crippen LogP contribution >= 0.6 is 22.7 Å². The number of halogens is 1. The number of hydrogen-bond acceptors (Lipinski definition) is 5. The molecule has 34 heavy (non-hydrogen) atoms. The molecule has 0 bridgehead atoms. The van der Waals surface area contributed by atoms with Crippen LogP contribution in [0.25, 0.3) is 21.6 Å². The van der Waals surface area contributed by atoms with E-state index in [2.05, 4.69) is 29.6 Å². The van der Waals surface area contributed by atoms with Gasteiger partial charge in [0.15, 0.2) is 5.13 Å². The van der Waals surface area contributed by atoms with Gasteiger partial charge in [0.1, 0.15) is 11.9 Å². The zero-order valence-electron chi connectivity index (χ0n) is 18.8. The summed E-state index contributed by atoms with van der Waals surface area (Å²) < 4.78 is 25.4. The van der Waals surface area contributed by atoms with E-state index < -0.39 is 17.3 Å². The van der Waals surface area contributed by atoms with Gasteiger partial charge in [-0.3, -0.25) is 5.32 Å². The number of ether oxygens (including phenoxy) is 2. The van der Waals surface area contributed by atoms with Crippen LogP contribution < -0.4 is 10.1 Å². The molecule has 4 nitrogen and oxygen atoms in total. The highest BCUT2D eigenvalue weighted by molar-refractivity contribution is 7.14. The fourth-order valence-electron chi connectivity index (χ4n) is 3.97. The van der Waals surface area contributed by atoms with Gasteiger partial charge >= 0.3 is 6.09 Å². The quantitative estimate of drug-likeness (QED) is 0.281. The number of carbonyl (C=O) groups is 1. The third-order valence-electron chi connectivity index (χ3n) is 5.97. The lowest BCUT2D eigenvalue weighted by molar-refractivity contribution is 0.121. The van der Waals surface area contributed by atoms with E-state index in [1.54, 1.807) is 14.0 Å². The third kappa shape index (κ3) is 4.86. The first-order valence-corrected chi connectivity index (χ1v) is 12.9. The zero-order chi connectivity index (χ0) is 23.7. The fourth-order valence-corrected chi connectivity index (χ4v) is 5.54. The molecule has 1 atom stereocenters. The maximum Gasteiger partial charge on any atom is 0.412 e. The van der Waals surface area contributed by atoms with Gasteiger partial charge in [-0.2, -0.15) is 15.7 Å². The van der Waals surface area contributed by atoms with Crippen LogP contribution in [0.3, 0.4) is 0 Å². The molecular formula is C27H24FNO3S2. The molecule has 1 aliphatic carbocycles. The Morgan fingerprint density at radius 2 is 1.85 bits per heavy atom. The lowest BCUT2D eigenvalue weighted by atomic mass is 9.99. The first-order chi connectivity index (χ1) is 16.5. The van der Waals surface area contributed by atoms with Crippen LogP contribution in [0.15, 0.2) is 65.4 Å². The van der Waals surface area contributed by atoms with Crippen molar-refractivity contribution in [2.24, 2.45) is 0 Å². The maximum atomic E-state index is 14.2. The molecule has 4 aromatic rings. The number of rotatable bonds is 7. The van der Waals surface area contributed by atoms with Crippen LogP contribution in [0.5, 0.6) is 5.75 Å². The summed E-state index contributed by atoms with van der Waals surface area (Å²) in [4.78, 5) is 13.1. The van der Waals surface area contributed by atoms with E-state index in [-0.39, 0.29) is 0 Å². The molecule has 1 N–H and O–H groups in total. The van der Waals surface area contributed by atoms with Crippen molar-refractivity contribution in [3.8, 4) is 27.3 Å². The van der Waals surface area contributed by atoms with Crippen molar-refractivity contribution in [1.82, 2.24) is 0 Å². The summed E-state index contributed by atoms with van der Waals surface area (Å²) >= 11 is 2.51. The van der Waals surface area contributed by atoms with Crippen molar-refractivity contribution in [3.05, 3.63) is 81.6 Å². The summed E-state index contributed by atoms with van der Waals surface area (Å²) in [6, 6.07) is 17.6. The Balaban J connectivity index is 1.37. The number of amides is 1. The standard InChI is InChI=1S/C27H24FNO3S2/c1-16(21-11-12-33-15-21)32-27(30)29-23-14-25(28)34-26(23)20-9-10-22(24(13-20)31-2)19-7-5-18(6-8-19)17-3-4-17/h5-17H,3-4H2,1-2H3,(H,29,30). The molecule has 0 spiro atoms. The maximum absolute atomic E-state index is 14.2. The van der Waals surface area contributed by atoms with Crippen LogP contribution in [0.4, 0.5) is 14.9 Å². The fraction of sp³-hybridized carbons (Fsp3) is 0.222. The van der Waals surface area contributed by atoms with Gasteiger partial charge in [-0.1, -0.05) is 36.4 Å². The predicted molar refractivity (Wildman–Crippen MR) is 137 cm³/mol. The average Bonchev–Trinajstić information content (AvgIpc) is 3.41. The third-order valence-corrected chi connectivity index (χ3v) is 7.64. The molecule has 1 saturated carbocycles. The molecule has 7 heteroatoms. The molecule has 0 radical (unpaired) electrons. The minimum Gasteiger partial charge on any atom is -0.496 e. The minimum absolute atomic E-state index is 0.369. The summed E-state index contributed by atoms with van der Waals surface area (Å²) in [5, 5.41) is 6.17. The summed E-state index contributed by atoms with van der Waals surface area (Å²) in [7, 11) is 1.62. The smallest absolute Gasteiger partial charge is 0.412 e. The van der Waals surface area contributed by atoms with Gasteiger partial charge in [0, 0.05) is 17.2 Å². The monoisotopic (exact) mass is 493 g/mol. The van der Waals surface area contributed by atoms with Gasteiger partial charge < -0.3 is 9.47 Å². The lowest BCUT2D eigenvalue weighted by Gasteiger charge is -2.14. The number of carbonyl (C=O) groups excluding carboxylic acids is 1. The van der Waals surface area contributed by atoms with Crippen molar-refractivity contribution in [2.45, 2.75) is 31.8 Å². The van der Waals surface area contributed by atoms with Crippen LogP contribution in [-0.2, 0) is 4.74 Å². The van der Waals surface area contributed by atoms with Gasteiger partial charge in [0.2, 0.25) is 0 Å². The second kappa shape index (κ2) is 9.60. The first kappa shape index (κ1) is 22.6. The number of methoxy groups -OCH3 is 1. The molecule has 174 valence electrons. The molecule has 0 saturated heterocycles. The average molecular weight is 494 g/mol. The number of thiophene rings is 2. The summed E-state index contributed by atoms with van der Waals surface area (Å²) in [5.74, 6) is 1.39. The van der Waals surface area contributed by atoms with E-state index in [9.17, 15) is 9.18 Å². The Morgan fingerprint density at radius 1 is 1.09 bits per heavy atom. The van der Waals surface area contributed by atoms with Gasteiger partial charge in [-0.15, -0.1) is 11.3 Å². The Bertz CT molecular complexity index is 1290. The lowest BCUT2D eigenvalue weighted by Crippen LogP contribution is -2.15. The van der Waals surface area contributed by atoms with E-state index in [1.807, 2.05) is 35.0 Å². The molecule has 2 aromatic carbocycles. The zero-order valence-corrected chi connectivity index (χ0v) is 20.5. The molecule has 1 unspecified atom stereocenters. The SMILES string of the molecule is COc1cc(-c2sc(F)cc2NC(=O)OC(C)c2ccsc2)ccc1-c1ccc(C2CC2)cc1. The topological polar surface area (TPSA) is 47.6 Å². The van der Waals surface area contributed by atoms with E-state index in [0.29, 0.717) is 22.2 Å². The molecule has 1 amide bonds. The minimum atomic E-state index is -0.628. The molecule has 0 aliphatic heterocycles. The van der Waals surface area contributed by atoms with Crippen molar-refractivity contribution in [3.63, 3.8) is 0 Å². The van der Waals surface area contributed by atoms with E-state index in [0.717, 1.165) is 33.6 Å². The second-order valence-electron chi connectivity index (χ2n) is 8.33. The summed E-state index contributed by atoms with van der Waals surface area (Å²) in [6.45, 7) is 1.80. The van der Waals surface area contributed by atoms with Crippen LogP contribution in [0.2, 0.25) is 0 Å². The van der Waals surface area contributed by atoms with Gasteiger partial charge in [0.05, 0.1) is 17.7 Å². The van der Waals surface area contributed by atoms with Gasteiger partial charge in [-0.05, 0) is 65.3 Å². The van der Waals surface area contributed by atoms with Gasteiger partial charge in [0.25, 0.3) is 0 Å². The summed E-state index contributed by atoms with van der Waals surface area (Å²) in [6.07, 6.45) is 1.51. The molecule has 2 heterocycles. The normalized spacial score (nSPS) is 14.0. The molecular weight excluding hydrogens is 469 g/mol. The van der Waals surface area contributed by atoms with Gasteiger partial charge in [-0.25, -0.2) is 4.79 Å². The number of hydrogen-bond donors (Lipinski definition) is 1. The van der Waals surface area contributed by atoms with Crippen molar-refractivity contribution < 1.29 is 18.7 Å². The highest BCUT2D eigenvalue weighted by atomic mass is 32.1. The Morgan fingerprint density at radius 3 is 2.53 bits per heavy atom. The number of benzene rings is 2. The molecule has 2 aromatic heterocycles. The van der Waals surface area contributed by atoms with E-state index >= 15 is 0 Å². The van der Waals surface area contributed by atoms with E-state index in [1.165, 1.54) is 35.8 Å². The Hall–Kier alpha value is -3.16. The number of anilines is 1. The molecule has 1 fully saturated rings. The van der Waals surface area contributed by atoms with Crippen LogP contribution in [0, 0.1) is 5.13 Å². The van der Waals surface area contributed by atoms with Crippen molar-refractivity contribution in [2.75, 3.05) is 12.4 Å². The Kier molecular flexibility index (Phi) is 6.39. The number of nitrogens with one attached hydrogen (secondary N) is 1. The first-order valence-electron chi connectivity index (χ1n) is 11.1. The predicted octanol–water partition coefficient (Wildman–Crippen LogP) is 8.48. The van der Waals surface area contributed by atoms with Crippen molar-refractivity contribution >= 4 is 34.5 Å². The van der Waals surface area contributed by atoms with Crippen molar-refractivity contribution in [1.29, 1.82) is 0 Å². The second-order valence-corrected chi connectivity index (χ2v) is 10.1. The Labute approximate surface area is 206 Å². The molecule has 5 rings (SSSR count). The summed E-state index contributed by atoms with van der Waals surface area (Å²) in [5.41, 5.74) is 5.45. The van der Waals surface area contributed by atoms with E-state index in [4.69, 9.17) is 9.47 Å². The largest absolute Gasteiger partial charge is 0.496 e. The molecule has 1 aliphatic rings. The van der Waals surface area contributed by atoms with Crippen LogP contribution in [-0.4, -0.2) is 13.2 Å². The van der Waals surface area contributed by atoms with Crippen LogP contribution in [0.1, 0.15) is 42.9 Å². The highest BCUT2D eigenvalue weighted by Gasteiger charge is 2.23. The highest BCUT2D eigenvalue weighted by Crippen LogP contribution is 2.43.